The van der Waals surface area contributed by atoms with Crippen LogP contribution >= 0.6 is 0 Å². The molecule has 0 saturated heterocycles. The topological polar surface area (TPSA) is 103 Å². The van der Waals surface area contributed by atoms with Crippen LogP contribution in [0.25, 0.3) is 0 Å². The smallest absolute Gasteiger partial charge is 0.251 e. The van der Waals surface area contributed by atoms with Gasteiger partial charge in [0.25, 0.3) is 5.91 Å². The summed E-state index contributed by atoms with van der Waals surface area (Å²) < 4.78 is 42.2. The zero-order chi connectivity index (χ0) is 21.3. The molecule has 2 aromatic rings. The molecule has 0 aliphatic heterocycles. The normalized spacial score (nSPS) is 11.0. The van der Waals surface area contributed by atoms with Crippen molar-refractivity contribution in [1.82, 2.24) is 10.0 Å². The number of benzene rings is 2. The van der Waals surface area contributed by atoms with Crippen molar-refractivity contribution in [3.8, 4) is 17.2 Å². The van der Waals surface area contributed by atoms with Gasteiger partial charge in [0.05, 0.1) is 27.1 Å². The van der Waals surface area contributed by atoms with E-state index in [9.17, 15) is 13.2 Å². The van der Waals surface area contributed by atoms with Crippen molar-refractivity contribution in [3.63, 3.8) is 0 Å². The van der Waals surface area contributed by atoms with Crippen molar-refractivity contribution in [2.75, 3.05) is 40.2 Å². The minimum absolute atomic E-state index is 0.0210. The molecule has 0 aliphatic rings. The van der Waals surface area contributed by atoms with Gasteiger partial charge in [0.2, 0.25) is 10.0 Å². The van der Waals surface area contributed by atoms with Crippen LogP contribution in [0.2, 0.25) is 0 Å². The summed E-state index contributed by atoms with van der Waals surface area (Å²) in [5, 5.41) is 2.60. The highest BCUT2D eigenvalue weighted by molar-refractivity contribution is 7.89. The van der Waals surface area contributed by atoms with Gasteiger partial charge in [0, 0.05) is 24.7 Å². The SMILES string of the molecule is COc1cccc(CCNS(=O)(=O)CCNC(=O)c2cc(OC)cc(OC)c2)c1. The first kappa shape index (κ1) is 22.5. The van der Waals surface area contributed by atoms with Crippen LogP contribution in [-0.4, -0.2) is 54.5 Å². The standard InChI is InChI=1S/C20H26N2O6S/c1-26-17-6-4-5-15(11-17)7-8-22-29(24,25)10-9-21-20(23)16-12-18(27-2)14-19(13-16)28-3/h4-6,11-14,22H,7-10H2,1-3H3,(H,21,23). The highest BCUT2D eigenvalue weighted by Gasteiger charge is 2.13. The molecule has 2 N–H and O–H groups in total. The molecule has 158 valence electrons. The summed E-state index contributed by atoms with van der Waals surface area (Å²) in [5.74, 6) is 1.04. The lowest BCUT2D eigenvalue weighted by molar-refractivity contribution is 0.0955. The fourth-order valence-corrected chi connectivity index (χ4v) is 3.52. The summed E-state index contributed by atoms with van der Waals surface area (Å²) in [5.41, 5.74) is 1.29. The first-order valence-corrected chi connectivity index (χ1v) is 10.6. The van der Waals surface area contributed by atoms with Crippen LogP contribution in [0.4, 0.5) is 0 Å². The fraction of sp³-hybridized carbons (Fsp3) is 0.350. The summed E-state index contributed by atoms with van der Waals surface area (Å²) >= 11 is 0. The lowest BCUT2D eigenvalue weighted by Gasteiger charge is -2.10. The maximum atomic E-state index is 12.3. The van der Waals surface area contributed by atoms with Crippen LogP contribution in [0.3, 0.4) is 0 Å². The molecule has 29 heavy (non-hydrogen) atoms. The third-order valence-corrected chi connectivity index (χ3v) is 5.53. The zero-order valence-electron chi connectivity index (χ0n) is 16.7. The Morgan fingerprint density at radius 2 is 1.55 bits per heavy atom. The Morgan fingerprint density at radius 1 is 0.897 bits per heavy atom. The van der Waals surface area contributed by atoms with Crippen molar-refractivity contribution in [1.29, 1.82) is 0 Å². The molecule has 1 amide bonds. The van der Waals surface area contributed by atoms with E-state index in [2.05, 4.69) is 10.0 Å². The summed E-state index contributed by atoms with van der Waals surface area (Å²) in [6.45, 7) is 0.239. The first-order valence-electron chi connectivity index (χ1n) is 8.98. The molecular weight excluding hydrogens is 396 g/mol. The van der Waals surface area contributed by atoms with Crippen molar-refractivity contribution >= 4 is 15.9 Å². The summed E-state index contributed by atoms with van der Waals surface area (Å²) in [6, 6.07) is 12.2. The van der Waals surface area contributed by atoms with E-state index in [1.54, 1.807) is 25.3 Å². The van der Waals surface area contributed by atoms with Gasteiger partial charge < -0.3 is 19.5 Å². The maximum Gasteiger partial charge on any atom is 0.251 e. The average Bonchev–Trinajstić information content (AvgIpc) is 2.73. The molecule has 0 aromatic heterocycles. The molecule has 0 unspecified atom stereocenters. The predicted octanol–water partition coefficient (Wildman–Crippen LogP) is 1.60. The highest BCUT2D eigenvalue weighted by atomic mass is 32.2. The zero-order valence-corrected chi connectivity index (χ0v) is 17.5. The molecule has 9 heteroatoms. The Balaban J connectivity index is 1.81. The first-order chi connectivity index (χ1) is 13.9. The average molecular weight is 423 g/mol. The van der Waals surface area contributed by atoms with Crippen LogP contribution in [-0.2, 0) is 16.4 Å². The Bertz CT molecular complexity index is 908. The molecule has 2 rings (SSSR count). The Labute approximate surface area is 171 Å². The van der Waals surface area contributed by atoms with Gasteiger partial charge >= 0.3 is 0 Å². The third-order valence-electron chi connectivity index (χ3n) is 4.14. The monoisotopic (exact) mass is 422 g/mol. The van der Waals surface area contributed by atoms with Crippen LogP contribution in [0.15, 0.2) is 42.5 Å². The van der Waals surface area contributed by atoms with E-state index < -0.39 is 15.9 Å². The van der Waals surface area contributed by atoms with Gasteiger partial charge in [-0.3, -0.25) is 4.79 Å². The van der Waals surface area contributed by atoms with Crippen LogP contribution in [0.5, 0.6) is 17.2 Å². The summed E-state index contributed by atoms with van der Waals surface area (Å²) in [7, 11) is 1.04. The highest BCUT2D eigenvalue weighted by Crippen LogP contribution is 2.22. The number of methoxy groups -OCH3 is 3. The van der Waals surface area contributed by atoms with Gasteiger partial charge in [0.15, 0.2) is 0 Å². The number of ether oxygens (including phenoxy) is 3. The number of amides is 1. The number of rotatable bonds is 11. The van der Waals surface area contributed by atoms with Crippen molar-refractivity contribution in [2.45, 2.75) is 6.42 Å². The molecule has 0 radical (unpaired) electrons. The van der Waals surface area contributed by atoms with E-state index in [0.717, 1.165) is 11.3 Å². The number of sulfonamides is 1. The molecule has 0 spiro atoms. The summed E-state index contributed by atoms with van der Waals surface area (Å²) in [6.07, 6.45) is 0.534. The number of carbonyl (C=O) groups is 1. The fourth-order valence-electron chi connectivity index (χ4n) is 2.59. The lowest BCUT2D eigenvalue weighted by Crippen LogP contribution is -2.35. The van der Waals surface area contributed by atoms with Gasteiger partial charge in [-0.25, -0.2) is 13.1 Å². The Hall–Kier alpha value is -2.78. The minimum atomic E-state index is -3.52. The van der Waals surface area contributed by atoms with Crippen molar-refractivity contribution < 1.29 is 27.4 Å². The van der Waals surface area contributed by atoms with Crippen molar-refractivity contribution in [2.24, 2.45) is 0 Å². The molecule has 0 atom stereocenters. The lowest BCUT2D eigenvalue weighted by atomic mass is 10.1. The molecule has 2 aromatic carbocycles. The second-order valence-corrected chi connectivity index (χ2v) is 8.10. The number of hydrogen-bond donors (Lipinski definition) is 2. The number of carbonyl (C=O) groups excluding carboxylic acids is 1. The predicted molar refractivity (Wildman–Crippen MR) is 110 cm³/mol. The number of hydrogen-bond acceptors (Lipinski definition) is 6. The van der Waals surface area contributed by atoms with E-state index in [1.807, 2.05) is 24.3 Å². The largest absolute Gasteiger partial charge is 0.497 e. The third kappa shape index (κ3) is 7.28. The van der Waals surface area contributed by atoms with Gasteiger partial charge in [-0.15, -0.1) is 0 Å². The number of nitrogens with one attached hydrogen (secondary N) is 2. The Kier molecular flexibility index (Phi) is 8.29. The van der Waals surface area contributed by atoms with Crippen LogP contribution in [0, 0.1) is 0 Å². The van der Waals surface area contributed by atoms with E-state index in [0.29, 0.717) is 23.5 Å². The van der Waals surface area contributed by atoms with Crippen LogP contribution in [0.1, 0.15) is 15.9 Å². The molecule has 0 fully saturated rings. The second kappa shape index (κ2) is 10.7. The van der Waals surface area contributed by atoms with Gasteiger partial charge in [0.1, 0.15) is 17.2 Å². The van der Waals surface area contributed by atoms with E-state index in [4.69, 9.17) is 14.2 Å². The minimum Gasteiger partial charge on any atom is -0.497 e. The van der Waals surface area contributed by atoms with E-state index >= 15 is 0 Å². The molecule has 0 bridgehead atoms. The molecule has 0 saturated carbocycles. The quantitative estimate of drug-likeness (QED) is 0.570. The van der Waals surface area contributed by atoms with E-state index in [1.165, 1.54) is 14.2 Å². The van der Waals surface area contributed by atoms with Gasteiger partial charge in [-0.1, -0.05) is 12.1 Å². The van der Waals surface area contributed by atoms with Gasteiger partial charge in [-0.05, 0) is 36.2 Å². The summed E-state index contributed by atoms with van der Waals surface area (Å²) in [4.78, 5) is 12.3. The van der Waals surface area contributed by atoms with Crippen molar-refractivity contribution in [3.05, 3.63) is 53.6 Å². The molecule has 0 heterocycles. The van der Waals surface area contributed by atoms with Crippen LogP contribution < -0.4 is 24.2 Å². The maximum absolute atomic E-state index is 12.3. The van der Waals surface area contributed by atoms with Gasteiger partial charge in [-0.2, -0.15) is 0 Å². The van der Waals surface area contributed by atoms with E-state index in [-0.39, 0.29) is 18.8 Å². The molecule has 8 nitrogen and oxygen atoms in total. The second-order valence-electron chi connectivity index (χ2n) is 6.17. The Morgan fingerprint density at radius 3 is 2.17 bits per heavy atom. The molecular formula is C20H26N2O6S. The molecule has 0 aliphatic carbocycles.